The zero-order valence-corrected chi connectivity index (χ0v) is 15.2. The largest absolute Gasteiger partial charge is 0.347 e. The summed E-state index contributed by atoms with van der Waals surface area (Å²) in [6.07, 6.45) is 1.45. The third-order valence-electron chi connectivity index (χ3n) is 4.94. The number of hydrogen-bond donors (Lipinski definition) is 2. The van der Waals surface area contributed by atoms with Crippen molar-refractivity contribution in [3.05, 3.63) is 29.8 Å². The van der Waals surface area contributed by atoms with Gasteiger partial charge in [0.05, 0.1) is 6.54 Å². The van der Waals surface area contributed by atoms with Gasteiger partial charge in [0.1, 0.15) is 0 Å². The van der Waals surface area contributed by atoms with Gasteiger partial charge in [0.25, 0.3) is 0 Å². The predicted molar refractivity (Wildman–Crippen MR) is 97.7 cm³/mol. The van der Waals surface area contributed by atoms with Crippen LogP contribution in [0.1, 0.15) is 18.4 Å². The second kappa shape index (κ2) is 7.63. The van der Waals surface area contributed by atoms with Crippen molar-refractivity contribution in [2.45, 2.75) is 25.4 Å². The fourth-order valence-electron chi connectivity index (χ4n) is 3.32. The first-order chi connectivity index (χ1) is 12.5. The molecule has 0 atom stereocenters. The molecule has 2 N–H and O–H groups in total. The molecular weight excluding hydrogens is 334 g/mol. The fraction of sp³-hybridized carbons (Fsp3) is 0.500. The molecule has 2 aliphatic heterocycles. The molecule has 0 radical (unpaired) electrons. The number of benzene rings is 1. The van der Waals surface area contributed by atoms with Gasteiger partial charge in [-0.3, -0.25) is 4.79 Å². The average Bonchev–Trinajstić information content (AvgIpc) is 2.65. The van der Waals surface area contributed by atoms with E-state index in [0.717, 1.165) is 24.1 Å². The van der Waals surface area contributed by atoms with Gasteiger partial charge in [-0.2, -0.15) is 0 Å². The van der Waals surface area contributed by atoms with Crippen molar-refractivity contribution in [3.8, 4) is 0 Å². The van der Waals surface area contributed by atoms with E-state index < -0.39 is 0 Å². The Hall–Kier alpha value is -2.77. The molecule has 0 aliphatic carbocycles. The van der Waals surface area contributed by atoms with Crippen molar-refractivity contribution in [1.29, 1.82) is 0 Å². The number of likely N-dealkylation sites (N-methyl/N-ethyl adjacent to an activating group) is 1. The predicted octanol–water partition coefficient (Wildman–Crippen LogP) is 1.30. The number of piperidine rings is 1. The number of nitrogens with one attached hydrogen (secondary N) is 2. The van der Waals surface area contributed by atoms with E-state index in [1.807, 2.05) is 29.2 Å². The summed E-state index contributed by atoms with van der Waals surface area (Å²) in [5.41, 5.74) is 1.98. The second-order valence-electron chi connectivity index (χ2n) is 6.88. The van der Waals surface area contributed by atoms with Crippen molar-refractivity contribution >= 4 is 23.7 Å². The Bertz CT molecular complexity index is 698. The Labute approximate surface area is 153 Å². The first-order valence-corrected chi connectivity index (χ1v) is 8.84. The Morgan fingerprint density at radius 3 is 2.62 bits per heavy atom. The van der Waals surface area contributed by atoms with Gasteiger partial charge in [-0.1, -0.05) is 18.2 Å². The van der Waals surface area contributed by atoms with Crippen LogP contribution in [0, 0.1) is 0 Å². The summed E-state index contributed by atoms with van der Waals surface area (Å²) in [5, 5.41) is 5.59. The topological polar surface area (TPSA) is 85.0 Å². The van der Waals surface area contributed by atoms with Gasteiger partial charge < -0.3 is 25.3 Å². The zero-order valence-electron chi connectivity index (χ0n) is 15.2. The lowest BCUT2D eigenvalue weighted by Gasteiger charge is -2.40. The number of para-hydroxylation sites is 1. The molecule has 2 aliphatic rings. The van der Waals surface area contributed by atoms with Gasteiger partial charge in [-0.15, -0.1) is 0 Å². The molecule has 8 nitrogen and oxygen atoms in total. The maximum absolute atomic E-state index is 12.4. The Morgan fingerprint density at radius 2 is 1.92 bits per heavy atom. The first kappa shape index (κ1) is 18.0. The van der Waals surface area contributed by atoms with Gasteiger partial charge in [-0.25, -0.2) is 9.59 Å². The van der Waals surface area contributed by atoms with Crippen LogP contribution in [0.4, 0.5) is 15.3 Å². The van der Waals surface area contributed by atoms with Crippen molar-refractivity contribution in [2.75, 3.05) is 39.0 Å². The van der Waals surface area contributed by atoms with Crippen molar-refractivity contribution in [1.82, 2.24) is 20.0 Å². The van der Waals surface area contributed by atoms with Crippen molar-refractivity contribution in [3.63, 3.8) is 0 Å². The number of rotatable bonds is 3. The molecule has 1 aromatic rings. The summed E-state index contributed by atoms with van der Waals surface area (Å²) in [6.45, 7) is 1.73. The second-order valence-corrected chi connectivity index (χ2v) is 6.88. The molecule has 26 heavy (non-hydrogen) atoms. The third-order valence-corrected chi connectivity index (χ3v) is 4.94. The number of nitrogens with zero attached hydrogens (tertiary/aromatic N) is 3. The van der Waals surface area contributed by atoms with E-state index in [1.165, 1.54) is 4.90 Å². The molecule has 0 bridgehead atoms. The summed E-state index contributed by atoms with van der Waals surface area (Å²) >= 11 is 0. The van der Waals surface area contributed by atoms with E-state index in [2.05, 4.69) is 10.6 Å². The molecule has 0 unspecified atom stereocenters. The molecule has 1 aromatic carbocycles. The summed E-state index contributed by atoms with van der Waals surface area (Å²) in [5.74, 6) is -0.142. The highest BCUT2D eigenvalue weighted by Crippen LogP contribution is 2.27. The molecule has 0 aromatic heterocycles. The Morgan fingerprint density at radius 1 is 1.23 bits per heavy atom. The molecule has 0 saturated carbocycles. The summed E-state index contributed by atoms with van der Waals surface area (Å²) in [4.78, 5) is 41.1. The fourth-order valence-corrected chi connectivity index (χ4v) is 3.32. The molecule has 8 heteroatoms. The van der Waals surface area contributed by atoms with Gasteiger partial charge in [0.15, 0.2) is 0 Å². The van der Waals surface area contributed by atoms with Crippen LogP contribution in [-0.4, -0.2) is 72.4 Å². The van der Waals surface area contributed by atoms with E-state index in [1.54, 1.807) is 19.0 Å². The number of likely N-dealkylation sites (tertiary alicyclic amines) is 1. The highest BCUT2D eigenvalue weighted by molar-refractivity contribution is 5.92. The van der Waals surface area contributed by atoms with Crippen LogP contribution in [0.3, 0.4) is 0 Å². The quantitative estimate of drug-likeness (QED) is 0.853. The van der Waals surface area contributed by atoms with E-state index in [-0.39, 0.29) is 30.6 Å². The summed E-state index contributed by atoms with van der Waals surface area (Å²) in [6, 6.07) is 7.60. The Kier molecular flexibility index (Phi) is 5.29. The minimum atomic E-state index is -0.230. The van der Waals surface area contributed by atoms with Crippen LogP contribution >= 0.6 is 0 Å². The number of hydrogen-bond acceptors (Lipinski definition) is 3. The standard InChI is InChI=1S/C18H25N5O3/c1-21(2)16(24)11-19-17(25)22-9-7-14(8-10-22)23-12-13-5-3-4-6-15(13)20-18(23)26/h3-6,14H,7-12H2,1-2H3,(H,19,25)(H,20,26). The van der Waals surface area contributed by atoms with Gasteiger partial charge in [0, 0.05) is 45.5 Å². The molecule has 1 fully saturated rings. The number of fused-ring (bicyclic) bond motifs is 1. The first-order valence-electron chi connectivity index (χ1n) is 8.84. The van der Waals surface area contributed by atoms with Crippen molar-refractivity contribution in [2.24, 2.45) is 0 Å². The minimum Gasteiger partial charge on any atom is -0.347 e. The average molecular weight is 359 g/mol. The molecule has 1 saturated heterocycles. The SMILES string of the molecule is CN(C)C(=O)CNC(=O)N1CCC(N2Cc3ccccc3NC2=O)CC1. The lowest BCUT2D eigenvalue weighted by molar-refractivity contribution is -0.127. The van der Waals surface area contributed by atoms with Crippen LogP contribution in [-0.2, 0) is 11.3 Å². The lowest BCUT2D eigenvalue weighted by atomic mass is 10.0. The molecular formula is C18H25N5O3. The van der Waals surface area contributed by atoms with Crippen molar-refractivity contribution < 1.29 is 14.4 Å². The van der Waals surface area contributed by atoms with Gasteiger partial charge in [0.2, 0.25) is 5.91 Å². The van der Waals surface area contributed by atoms with E-state index in [9.17, 15) is 14.4 Å². The maximum Gasteiger partial charge on any atom is 0.322 e. The van der Waals surface area contributed by atoms with Crippen LogP contribution in [0.25, 0.3) is 0 Å². The summed E-state index contributed by atoms with van der Waals surface area (Å²) in [7, 11) is 3.31. The van der Waals surface area contributed by atoms with Crippen LogP contribution < -0.4 is 10.6 Å². The normalized spacial score (nSPS) is 17.4. The molecule has 2 heterocycles. The number of urea groups is 2. The minimum absolute atomic E-state index is 0.00290. The monoisotopic (exact) mass is 359 g/mol. The van der Waals surface area contributed by atoms with Crippen LogP contribution in [0.15, 0.2) is 24.3 Å². The lowest BCUT2D eigenvalue weighted by Crippen LogP contribution is -2.53. The van der Waals surface area contributed by atoms with Crippen LogP contribution in [0.2, 0.25) is 0 Å². The smallest absolute Gasteiger partial charge is 0.322 e. The van der Waals surface area contributed by atoms with E-state index in [4.69, 9.17) is 0 Å². The summed E-state index contributed by atoms with van der Waals surface area (Å²) < 4.78 is 0. The van der Waals surface area contributed by atoms with Gasteiger partial charge in [-0.05, 0) is 24.5 Å². The third kappa shape index (κ3) is 3.89. The highest BCUT2D eigenvalue weighted by Gasteiger charge is 2.32. The molecule has 0 spiro atoms. The van der Waals surface area contributed by atoms with E-state index in [0.29, 0.717) is 19.6 Å². The van der Waals surface area contributed by atoms with E-state index >= 15 is 0 Å². The molecule has 140 valence electrons. The number of carbonyl (C=O) groups excluding carboxylic acids is 3. The zero-order chi connectivity index (χ0) is 18.7. The van der Waals surface area contributed by atoms with Crippen LogP contribution in [0.5, 0.6) is 0 Å². The highest BCUT2D eigenvalue weighted by atomic mass is 16.2. The molecule has 3 rings (SSSR count). The maximum atomic E-state index is 12.4. The van der Waals surface area contributed by atoms with Gasteiger partial charge >= 0.3 is 12.1 Å². The number of amides is 5. The molecule has 5 amide bonds. The number of carbonyl (C=O) groups is 3. The Balaban J connectivity index is 1.52. The number of anilines is 1.